The summed E-state index contributed by atoms with van der Waals surface area (Å²) in [6, 6.07) is 10.1. The van der Waals surface area contributed by atoms with Gasteiger partial charge in [-0.3, -0.25) is 14.5 Å². The average Bonchev–Trinajstić information content (AvgIpc) is 3.10. The summed E-state index contributed by atoms with van der Waals surface area (Å²) in [5.74, 6) is 4.24. The zero-order valence-corrected chi connectivity index (χ0v) is 24.1. The molecule has 2 aromatic carbocycles. The number of hydrogen-bond acceptors (Lipinski definition) is 5. The lowest BCUT2D eigenvalue weighted by molar-refractivity contribution is -0.140. The van der Waals surface area contributed by atoms with Crippen molar-refractivity contribution in [3.63, 3.8) is 0 Å². The van der Waals surface area contributed by atoms with Crippen LogP contribution in [0.2, 0.25) is 0 Å². The van der Waals surface area contributed by atoms with Crippen molar-refractivity contribution in [1.29, 1.82) is 5.26 Å². The topological polar surface area (TPSA) is 79.7 Å². The zero-order valence-electron chi connectivity index (χ0n) is 23.3. The van der Waals surface area contributed by atoms with E-state index in [0.29, 0.717) is 12.2 Å². The quantitative estimate of drug-likeness (QED) is 0.301. The molecule has 42 heavy (non-hydrogen) atoms. The third-order valence-electron chi connectivity index (χ3n) is 7.37. The van der Waals surface area contributed by atoms with Crippen LogP contribution in [0.3, 0.4) is 0 Å². The number of nitrogens with one attached hydrogen (secondary N) is 1. The molecule has 0 bridgehead atoms. The summed E-state index contributed by atoms with van der Waals surface area (Å²) in [6.07, 6.45) is -3.31. The minimum Gasteiger partial charge on any atom is -0.355 e. The molecule has 2 heterocycles. The summed E-state index contributed by atoms with van der Waals surface area (Å²) in [6.45, 7) is 7.81. The van der Waals surface area contributed by atoms with E-state index in [0.717, 1.165) is 55.1 Å². The van der Waals surface area contributed by atoms with Gasteiger partial charge in [0.1, 0.15) is 11.1 Å². The van der Waals surface area contributed by atoms with Crippen LogP contribution in [0.5, 0.6) is 0 Å². The number of anilines is 2. The Hall–Kier alpha value is -4.00. The first-order chi connectivity index (χ1) is 19.8. The first kappa shape index (κ1) is 30.9. The predicted octanol–water partition coefficient (Wildman–Crippen LogP) is 4.83. The summed E-state index contributed by atoms with van der Waals surface area (Å²) < 4.78 is 56.0. The molecule has 0 aromatic heterocycles. The maximum atomic E-state index is 15.2. The molecule has 0 radical (unpaired) electrons. The van der Waals surface area contributed by atoms with E-state index in [-0.39, 0.29) is 16.9 Å². The number of hydrogen-bond donors (Lipinski definition) is 1. The summed E-state index contributed by atoms with van der Waals surface area (Å²) in [4.78, 5) is 28.9. The zero-order chi connectivity index (χ0) is 30.8. The summed E-state index contributed by atoms with van der Waals surface area (Å²) in [5, 5.41) is 11.7. The van der Waals surface area contributed by atoms with E-state index in [1.54, 1.807) is 38.1 Å². The van der Waals surface area contributed by atoms with Crippen LogP contribution in [0, 0.1) is 34.9 Å². The van der Waals surface area contributed by atoms with E-state index in [1.165, 1.54) is 17.9 Å². The molecule has 1 N–H and O–H groups in total. The average molecular weight is 600 g/mol. The first-order valence-electron chi connectivity index (χ1n) is 13.3. The van der Waals surface area contributed by atoms with Gasteiger partial charge in [-0.15, -0.1) is 0 Å². The van der Waals surface area contributed by atoms with E-state index in [1.807, 2.05) is 0 Å². The predicted molar refractivity (Wildman–Crippen MR) is 154 cm³/mol. The van der Waals surface area contributed by atoms with Gasteiger partial charge in [0, 0.05) is 37.2 Å². The molecule has 2 aliphatic heterocycles. The maximum Gasteiger partial charge on any atom is 0.420 e. The van der Waals surface area contributed by atoms with Crippen molar-refractivity contribution in [3.05, 3.63) is 58.9 Å². The number of nitrogens with zero attached hydrogens (tertiary/aromatic N) is 4. The van der Waals surface area contributed by atoms with Crippen LogP contribution < -0.4 is 15.1 Å². The number of likely N-dealkylation sites (tertiary alicyclic amines) is 1. The van der Waals surface area contributed by atoms with Crippen LogP contribution in [0.4, 0.5) is 28.9 Å². The maximum absolute atomic E-state index is 15.2. The first-order valence-corrected chi connectivity index (χ1v) is 13.7. The Balaban J connectivity index is 1.50. The summed E-state index contributed by atoms with van der Waals surface area (Å²) in [5.41, 5.74) is -3.41. The number of piperidine rings is 1. The number of benzene rings is 2. The molecule has 2 aliphatic rings. The van der Waals surface area contributed by atoms with Crippen LogP contribution >= 0.6 is 12.2 Å². The number of rotatable bonds is 5. The minimum absolute atomic E-state index is 0.0412. The van der Waals surface area contributed by atoms with Crippen molar-refractivity contribution in [1.82, 2.24) is 10.2 Å². The van der Waals surface area contributed by atoms with Crippen LogP contribution in [0.1, 0.15) is 50.3 Å². The van der Waals surface area contributed by atoms with Crippen LogP contribution in [0.25, 0.3) is 0 Å². The Morgan fingerprint density at radius 1 is 1.14 bits per heavy atom. The monoisotopic (exact) mass is 599 g/mol. The van der Waals surface area contributed by atoms with Gasteiger partial charge in [-0.05, 0) is 88.4 Å². The highest BCUT2D eigenvalue weighted by molar-refractivity contribution is 7.81. The SMILES string of the molecule is CC(=O)NCCN1CCC(C#Cc2ccc(N3C(=S)N(c4ccc(C#N)c(C(F)(F)F)c4F)C(=O)C3(C)C)cc2)CC1. The summed E-state index contributed by atoms with van der Waals surface area (Å²) >= 11 is 5.49. The molecular formula is C30H29F4N5O2S. The van der Waals surface area contributed by atoms with Gasteiger partial charge in [-0.1, -0.05) is 11.8 Å². The Bertz CT molecular complexity index is 1500. The molecule has 0 spiro atoms. The Morgan fingerprint density at radius 2 is 1.79 bits per heavy atom. The van der Waals surface area contributed by atoms with Gasteiger partial charge < -0.3 is 15.1 Å². The molecule has 12 heteroatoms. The van der Waals surface area contributed by atoms with Gasteiger partial charge in [0.2, 0.25) is 5.91 Å². The molecular weight excluding hydrogens is 570 g/mol. The number of alkyl halides is 3. The van der Waals surface area contributed by atoms with E-state index in [4.69, 9.17) is 17.5 Å². The van der Waals surface area contributed by atoms with Crippen LogP contribution in [-0.2, 0) is 15.8 Å². The molecule has 7 nitrogen and oxygen atoms in total. The molecule has 2 aromatic rings. The second kappa shape index (κ2) is 12.1. The molecule has 2 saturated heterocycles. The van der Waals surface area contributed by atoms with Gasteiger partial charge in [-0.25, -0.2) is 4.39 Å². The normalized spacial score (nSPS) is 17.6. The van der Waals surface area contributed by atoms with Crippen LogP contribution in [-0.4, -0.2) is 53.5 Å². The fourth-order valence-corrected chi connectivity index (χ4v) is 5.63. The molecule has 2 amide bonds. The number of halogens is 4. The standard InChI is InChI=1S/C30H29F4N5O2S/c1-19(40)36-14-17-37-15-12-21(13-16-37)5-4-20-6-9-23(10-7-20)39-28(42)38(27(41)29(39,2)3)24-11-8-22(18-35)25(26(24)31)30(32,33)34/h6-11,21H,12-17H2,1-3H3,(H,36,40). The minimum atomic E-state index is -5.15. The number of thiocarbonyl (C=S) groups is 1. The highest BCUT2D eigenvalue weighted by Gasteiger charge is 2.52. The van der Waals surface area contributed by atoms with Crippen molar-refractivity contribution >= 4 is 40.5 Å². The Labute approximate surface area is 247 Å². The van der Waals surface area contributed by atoms with Crippen molar-refractivity contribution in [2.75, 3.05) is 36.0 Å². The van der Waals surface area contributed by atoms with E-state index in [2.05, 4.69) is 22.1 Å². The lowest BCUT2D eigenvalue weighted by Gasteiger charge is -2.29. The molecule has 220 valence electrons. The molecule has 0 unspecified atom stereocenters. The van der Waals surface area contributed by atoms with Gasteiger partial charge in [0.25, 0.3) is 5.91 Å². The lowest BCUT2D eigenvalue weighted by Crippen LogP contribution is -2.44. The van der Waals surface area contributed by atoms with Gasteiger partial charge in [0.05, 0.1) is 17.3 Å². The van der Waals surface area contributed by atoms with Crippen molar-refractivity contribution in [3.8, 4) is 17.9 Å². The molecule has 0 aliphatic carbocycles. The third-order valence-corrected chi connectivity index (χ3v) is 7.74. The van der Waals surface area contributed by atoms with Crippen molar-refractivity contribution in [2.24, 2.45) is 5.92 Å². The van der Waals surface area contributed by atoms with E-state index < -0.39 is 40.3 Å². The highest BCUT2D eigenvalue weighted by Crippen LogP contribution is 2.41. The lowest BCUT2D eigenvalue weighted by atomic mass is 9.97. The second-order valence-electron chi connectivity index (χ2n) is 10.7. The van der Waals surface area contributed by atoms with Gasteiger partial charge >= 0.3 is 6.18 Å². The molecule has 2 fully saturated rings. The van der Waals surface area contributed by atoms with Gasteiger partial charge in [0.15, 0.2) is 10.9 Å². The molecule has 0 saturated carbocycles. The van der Waals surface area contributed by atoms with Crippen LogP contribution in [0.15, 0.2) is 36.4 Å². The smallest absolute Gasteiger partial charge is 0.355 e. The summed E-state index contributed by atoms with van der Waals surface area (Å²) in [7, 11) is 0. The van der Waals surface area contributed by atoms with Crippen molar-refractivity contribution < 1.29 is 27.2 Å². The largest absolute Gasteiger partial charge is 0.420 e. The Kier molecular flexibility index (Phi) is 8.90. The number of nitriles is 1. The Morgan fingerprint density at radius 3 is 2.36 bits per heavy atom. The van der Waals surface area contributed by atoms with E-state index >= 15 is 4.39 Å². The fourth-order valence-electron chi connectivity index (χ4n) is 5.12. The fraction of sp³-hybridized carbons (Fsp3) is 0.400. The highest BCUT2D eigenvalue weighted by atomic mass is 32.1. The van der Waals surface area contributed by atoms with E-state index in [9.17, 15) is 22.8 Å². The second-order valence-corrected chi connectivity index (χ2v) is 11.0. The third kappa shape index (κ3) is 6.25. The molecule has 4 rings (SSSR count). The molecule has 0 atom stereocenters. The number of carbonyl (C=O) groups excluding carboxylic acids is 2. The number of amides is 2. The van der Waals surface area contributed by atoms with Crippen molar-refractivity contribution in [2.45, 2.75) is 45.3 Å². The number of carbonyl (C=O) groups is 2. The van der Waals surface area contributed by atoms with Gasteiger partial charge in [-0.2, -0.15) is 18.4 Å².